The lowest BCUT2D eigenvalue weighted by atomic mass is 10.0. The van der Waals surface area contributed by atoms with Crippen LogP contribution in [0, 0.1) is 17.8 Å². The predicted octanol–water partition coefficient (Wildman–Crippen LogP) is 1.15. The lowest BCUT2D eigenvalue weighted by molar-refractivity contribution is -0.139. The first-order chi connectivity index (χ1) is 7.99. The molecular formula is C12H20N2O3. The standard InChI is InChI=1S/C12H20N2O3/c1-7-5-14(6-8(7)2)12(17)13-10(11(15)16)9-3-4-9/h7-10H,3-6H2,1-2H3,(H,13,17)(H,15,16). The zero-order chi connectivity index (χ0) is 12.6. The first kappa shape index (κ1) is 12.2. The Morgan fingerprint density at radius 3 is 2.18 bits per heavy atom. The summed E-state index contributed by atoms with van der Waals surface area (Å²) in [5.41, 5.74) is 0. The van der Waals surface area contributed by atoms with Crippen molar-refractivity contribution in [2.24, 2.45) is 17.8 Å². The molecular weight excluding hydrogens is 220 g/mol. The number of nitrogens with zero attached hydrogens (tertiary/aromatic N) is 1. The number of nitrogens with one attached hydrogen (secondary N) is 1. The van der Waals surface area contributed by atoms with Crippen molar-refractivity contribution in [3.63, 3.8) is 0 Å². The van der Waals surface area contributed by atoms with E-state index in [0.29, 0.717) is 11.8 Å². The number of likely N-dealkylation sites (tertiary alicyclic amines) is 1. The highest BCUT2D eigenvalue weighted by molar-refractivity contribution is 5.83. The fraction of sp³-hybridized carbons (Fsp3) is 0.833. The molecule has 1 heterocycles. The topological polar surface area (TPSA) is 69.6 Å². The van der Waals surface area contributed by atoms with Crippen LogP contribution in [0.1, 0.15) is 26.7 Å². The molecule has 0 aromatic carbocycles. The van der Waals surface area contributed by atoms with Crippen molar-refractivity contribution in [3.05, 3.63) is 0 Å². The number of urea groups is 1. The Morgan fingerprint density at radius 1 is 1.24 bits per heavy atom. The van der Waals surface area contributed by atoms with Gasteiger partial charge in [-0.3, -0.25) is 0 Å². The van der Waals surface area contributed by atoms with E-state index < -0.39 is 12.0 Å². The van der Waals surface area contributed by atoms with Gasteiger partial charge in [0.1, 0.15) is 6.04 Å². The van der Waals surface area contributed by atoms with Crippen molar-refractivity contribution in [1.29, 1.82) is 0 Å². The van der Waals surface area contributed by atoms with Crippen LogP contribution >= 0.6 is 0 Å². The molecule has 0 radical (unpaired) electrons. The van der Waals surface area contributed by atoms with Gasteiger partial charge in [0, 0.05) is 13.1 Å². The third-order valence-electron chi connectivity index (χ3n) is 3.91. The van der Waals surface area contributed by atoms with Crippen LogP contribution in [0.3, 0.4) is 0 Å². The minimum atomic E-state index is -0.916. The molecule has 0 bridgehead atoms. The fourth-order valence-electron chi connectivity index (χ4n) is 2.33. The molecule has 2 aliphatic rings. The molecule has 2 N–H and O–H groups in total. The third kappa shape index (κ3) is 2.70. The van der Waals surface area contributed by atoms with Gasteiger partial charge < -0.3 is 15.3 Å². The monoisotopic (exact) mass is 240 g/mol. The maximum atomic E-state index is 11.9. The van der Waals surface area contributed by atoms with E-state index in [9.17, 15) is 9.59 Å². The normalized spacial score (nSPS) is 30.1. The van der Waals surface area contributed by atoms with Crippen molar-refractivity contribution < 1.29 is 14.7 Å². The van der Waals surface area contributed by atoms with Crippen LogP contribution in [0.15, 0.2) is 0 Å². The maximum Gasteiger partial charge on any atom is 0.326 e. The Balaban J connectivity index is 1.90. The number of carbonyl (C=O) groups excluding carboxylic acids is 1. The smallest absolute Gasteiger partial charge is 0.326 e. The number of carboxylic acid groups (broad SMARTS) is 1. The van der Waals surface area contributed by atoms with Crippen LogP contribution in [-0.4, -0.2) is 41.1 Å². The first-order valence-corrected chi connectivity index (χ1v) is 6.27. The number of carbonyl (C=O) groups is 2. The molecule has 3 unspecified atom stereocenters. The zero-order valence-corrected chi connectivity index (χ0v) is 10.3. The van der Waals surface area contributed by atoms with E-state index in [1.165, 1.54) is 0 Å². The number of rotatable bonds is 3. The molecule has 1 saturated heterocycles. The first-order valence-electron chi connectivity index (χ1n) is 6.27. The van der Waals surface area contributed by atoms with Gasteiger partial charge in [0.2, 0.25) is 0 Å². The molecule has 2 rings (SSSR count). The van der Waals surface area contributed by atoms with Crippen molar-refractivity contribution in [2.45, 2.75) is 32.7 Å². The molecule has 1 aliphatic carbocycles. The highest BCUT2D eigenvalue weighted by Gasteiger charge is 2.39. The largest absolute Gasteiger partial charge is 0.480 e. The molecule has 2 amide bonds. The van der Waals surface area contributed by atoms with Crippen LogP contribution < -0.4 is 5.32 Å². The number of carboxylic acids is 1. The summed E-state index contributed by atoms with van der Waals surface area (Å²) in [6, 6.07) is -0.922. The third-order valence-corrected chi connectivity index (χ3v) is 3.91. The average Bonchev–Trinajstić information content (AvgIpc) is 3.02. The van der Waals surface area contributed by atoms with Gasteiger partial charge in [0.25, 0.3) is 0 Å². The Kier molecular flexibility index (Phi) is 3.26. The highest BCUT2D eigenvalue weighted by atomic mass is 16.4. The molecule has 1 aliphatic heterocycles. The van der Waals surface area contributed by atoms with Crippen LogP contribution in [0.25, 0.3) is 0 Å². The molecule has 5 heteroatoms. The van der Waals surface area contributed by atoms with Gasteiger partial charge in [0.05, 0.1) is 0 Å². The highest BCUT2D eigenvalue weighted by Crippen LogP contribution is 2.33. The molecule has 1 saturated carbocycles. The SMILES string of the molecule is CC1CN(C(=O)NC(C(=O)O)C2CC2)CC1C. The second-order valence-corrected chi connectivity index (χ2v) is 5.46. The van der Waals surface area contributed by atoms with Crippen molar-refractivity contribution in [1.82, 2.24) is 10.2 Å². The summed E-state index contributed by atoms with van der Waals surface area (Å²) in [5.74, 6) is 0.199. The Bertz CT molecular complexity index is 318. The van der Waals surface area contributed by atoms with Crippen LogP contribution in [-0.2, 0) is 4.79 Å². The zero-order valence-electron chi connectivity index (χ0n) is 10.3. The van der Waals surface area contributed by atoms with E-state index in [2.05, 4.69) is 19.2 Å². The van der Waals surface area contributed by atoms with Gasteiger partial charge in [-0.15, -0.1) is 0 Å². The molecule has 17 heavy (non-hydrogen) atoms. The maximum absolute atomic E-state index is 11.9. The summed E-state index contributed by atoms with van der Waals surface area (Å²) in [5, 5.41) is 11.7. The summed E-state index contributed by atoms with van der Waals surface area (Å²) >= 11 is 0. The van der Waals surface area contributed by atoms with Crippen LogP contribution in [0.4, 0.5) is 4.79 Å². The van der Waals surface area contributed by atoms with Crippen LogP contribution in [0.5, 0.6) is 0 Å². The number of aliphatic carboxylic acids is 1. The fourth-order valence-corrected chi connectivity index (χ4v) is 2.33. The number of amides is 2. The summed E-state index contributed by atoms with van der Waals surface area (Å²) in [4.78, 5) is 24.7. The number of hydrogen-bond acceptors (Lipinski definition) is 2. The van der Waals surface area contributed by atoms with Crippen molar-refractivity contribution >= 4 is 12.0 Å². The lowest BCUT2D eigenvalue weighted by Crippen LogP contribution is -2.48. The molecule has 96 valence electrons. The summed E-state index contributed by atoms with van der Waals surface area (Å²) < 4.78 is 0. The second kappa shape index (κ2) is 4.55. The van der Waals surface area contributed by atoms with Gasteiger partial charge >= 0.3 is 12.0 Å². The van der Waals surface area contributed by atoms with Gasteiger partial charge in [-0.25, -0.2) is 9.59 Å². The van der Waals surface area contributed by atoms with Crippen LogP contribution in [0.2, 0.25) is 0 Å². The number of hydrogen-bond donors (Lipinski definition) is 2. The van der Waals surface area contributed by atoms with E-state index in [-0.39, 0.29) is 11.9 Å². The molecule has 0 aromatic heterocycles. The predicted molar refractivity (Wildman–Crippen MR) is 62.6 cm³/mol. The van der Waals surface area contributed by atoms with E-state index in [1.54, 1.807) is 4.90 Å². The Hall–Kier alpha value is -1.26. The molecule has 5 nitrogen and oxygen atoms in total. The Labute approximate surface area is 101 Å². The quantitative estimate of drug-likeness (QED) is 0.777. The molecule has 3 atom stereocenters. The van der Waals surface area contributed by atoms with Gasteiger partial charge in [-0.1, -0.05) is 13.8 Å². The second-order valence-electron chi connectivity index (χ2n) is 5.46. The molecule has 0 aromatic rings. The van der Waals surface area contributed by atoms with Gasteiger partial charge in [0.15, 0.2) is 0 Å². The van der Waals surface area contributed by atoms with Gasteiger partial charge in [-0.05, 0) is 30.6 Å². The summed E-state index contributed by atoms with van der Waals surface area (Å²) in [6.45, 7) is 5.69. The van der Waals surface area contributed by atoms with E-state index in [4.69, 9.17) is 5.11 Å². The minimum absolute atomic E-state index is 0.133. The van der Waals surface area contributed by atoms with Crippen molar-refractivity contribution in [2.75, 3.05) is 13.1 Å². The van der Waals surface area contributed by atoms with E-state index >= 15 is 0 Å². The Morgan fingerprint density at radius 2 is 1.76 bits per heavy atom. The summed E-state index contributed by atoms with van der Waals surface area (Å²) in [7, 11) is 0. The van der Waals surface area contributed by atoms with E-state index in [1.807, 2.05) is 0 Å². The molecule has 2 fully saturated rings. The lowest BCUT2D eigenvalue weighted by Gasteiger charge is -2.20. The minimum Gasteiger partial charge on any atom is -0.480 e. The van der Waals surface area contributed by atoms with E-state index in [0.717, 1.165) is 25.9 Å². The molecule has 0 spiro atoms. The van der Waals surface area contributed by atoms with Gasteiger partial charge in [-0.2, -0.15) is 0 Å². The summed E-state index contributed by atoms with van der Waals surface area (Å²) in [6.07, 6.45) is 1.81. The van der Waals surface area contributed by atoms with Crippen molar-refractivity contribution in [3.8, 4) is 0 Å². The average molecular weight is 240 g/mol.